The van der Waals surface area contributed by atoms with Crippen LogP contribution in [0.1, 0.15) is 17.3 Å². The van der Waals surface area contributed by atoms with E-state index in [0.717, 1.165) is 0 Å². The Bertz CT molecular complexity index is 540. The first-order chi connectivity index (χ1) is 8.80. The van der Waals surface area contributed by atoms with Crippen LogP contribution < -0.4 is 9.64 Å². The van der Waals surface area contributed by atoms with Gasteiger partial charge in [0.2, 0.25) is 0 Å². The van der Waals surface area contributed by atoms with Crippen molar-refractivity contribution in [3.63, 3.8) is 0 Å². The van der Waals surface area contributed by atoms with E-state index in [1.54, 1.807) is 0 Å². The van der Waals surface area contributed by atoms with E-state index in [2.05, 4.69) is 0 Å². The summed E-state index contributed by atoms with van der Waals surface area (Å²) in [6.07, 6.45) is -4.96. The van der Waals surface area contributed by atoms with Gasteiger partial charge in [-0.3, -0.25) is 14.5 Å². The second-order valence-electron chi connectivity index (χ2n) is 4.04. The standard InChI is InChI=1S/C12H10F3NO3/c1-7(17)8-2-3-10-9(6-8)16(4-5-19-10)11(18)12(13,14)15/h2-3,6H,4-5H2,1H3. The predicted octanol–water partition coefficient (Wildman–Crippen LogP) is 2.18. The molecule has 7 heteroatoms. The molecule has 1 aliphatic rings. The molecule has 1 amide bonds. The molecular weight excluding hydrogens is 263 g/mol. The zero-order valence-electron chi connectivity index (χ0n) is 9.95. The first-order valence-corrected chi connectivity index (χ1v) is 5.47. The molecule has 1 aromatic carbocycles. The van der Waals surface area contributed by atoms with E-state index in [1.807, 2.05) is 0 Å². The van der Waals surface area contributed by atoms with Gasteiger partial charge in [-0.2, -0.15) is 13.2 Å². The van der Waals surface area contributed by atoms with Crippen molar-refractivity contribution in [1.29, 1.82) is 0 Å². The first kappa shape index (κ1) is 13.4. The van der Waals surface area contributed by atoms with Crippen LogP contribution in [-0.4, -0.2) is 31.0 Å². The molecular formula is C12H10F3NO3. The number of hydrogen-bond acceptors (Lipinski definition) is 3. The Kier molecular flexibility index (Phi) is 3.21. The summed E-state index contributed by atoms with van der Waals surface area (Å²) >= 11 is 0. The molecule has 0 bridgehead atoms. The summed E-state index contributed by atoms with van der Waals surface area (Å²) in [5.41, 5.74) is 0.200. The summed E-state index contributed by atoms with van der Waals surface area (Å²) in [5.74, 6) is -2.10. The van der Waals surface area contributed by atoms with E-state index in [0.29, 0.717) is 4.90 Å². The summed E-state index contributed by atoms with van der Waals surface area (Å²) in [7, 11) is 0. The van der Waals surface area contributed by atoms with Gasteiger partial charge in [0.05, 0.1) is 12.2 Å². The fraction of sp³-hybridized carbons (Fsp3) is 0.333. The molecule has 0 aliphatic carbocycles. The van der Waals surface area contributed by atoms with Crippen molar-refractivity contribution in [2.75, 3.05) is 18.1 Å². The normalized spacial score (nSPS) is 14.6. The molecule has 19 heavy (non-hydrogen) atoms. The Hall–Kier alpha value is -2.05. The minimum Gasteiger partial charge on any atom is -0.490 e. The maximum absolute atomic E-state index is 12.5. The highest BCUT2D eigenvalue weighted by Crippen LogP contribution is 2.35. The number of nitrogens with zero attached hydrogens (tertiary/aromatic N) is 1. The fourth-order valence-corrected chi connectivity index (χ4v) is 1.80. The van der Waals surface area contributed by atoms with Crippen LogP contribution >= 0.6 is 0 Å². The van der Waals surface area contributed by atoms with Crippen LogP contribution in [-0.2, 0) is 4.79 Å². The van der Waals surface area contributed by atoms with Crippen LogP contribution in [0.3, 0.4) is 0 Å². The van der Waals surface area contributed by atoms with E-state index in [4.69, 9.17) is 4.74 Å². The molecule has 2 rings (SSSR count). The van der Waals surface area contributed by atoms with E-state index in [-0.39, 0.29) is 35.9 Å². The molecule has 0 atom stereocenters. The summed E-state index contributed by atoms with van der Waals surface area (Å²) < 4.78 is 42.6. The number of carbonyl (C=O) groups excluding carboxylic acids is 2. The lowest BCUT2D eigenvalue weighted by atomic mass is 10.1. The number of ketones is 1. The maximum Gasteiger partial charge on any atom is 0.471 e. The Labute approximate surface area is 106 Å². The lowest BCUT2D eigenvalue weighted by molar-refractivity contribution is -0.170. The first-order valence-electron chi connectivity index (χ1n) is 5.47. The average molecular weight is 273 g/mol. The Morgan fingerprint density at radius 1 is 1.32 bits per heavy atom. The monoisotopic (exact) mass is 273 g/mol. The molecule has 1 heterocycles. The zero-order valence-corrected chi connectivity index (χ0v) is 9.95. The van der Waals surface area contributed by atoms with Gasteiger partial charge in [0, 0.05) is 5.56 Å². The molecule has 0 radical (unpaired) electrons. The molecule has 1 aliphatic heterocycles. The van der Waals surface area contributed by atoms with Gasteiger partial charge in [-0.15, -0.1) is 0 Å². The predicted molar refractivity (Wildman–Crippen MR) is 60.3 cm³/mol. The number of alkyl halides is 3. The largest absolute Gasteiger partial charge is 0.490 e. The molecule has 1 aromatic rings. The van der Waals surface area contributed by atoms with Crippen LogP contribution in [0.5, 0.6) is 5.75 Å². The summed E-state index contributed by atoms with van der Waals surface area (Å²) in [6.45, 7) is 1.07. The number of fused-ring (bicyclic) bond motifs is 1. The van der Waals surface area contributed by atoms with Crippen molar-refractivity contribution in [2.45, 2.75) is 13.1 Å². The second kappa shape index (κ2) is 4.56. The van der Waals surface area contributed by atoms with E-state index in [9.17, 15) is 22.8 Å². The highest BCUT2D eigenvalue weighted by atomic mass is 19.4. The number of Topliss-reactive ketones (excluding diaryl/α,β-unsaturated/α-hetero) is 1. The third-order valence-corrected chi connectivity index (χ3v) is 2.72. The number of benzene rings is 1. The molecule has 0 aromatic heterocycles. The zero-order chi connectivity index (χ0) is 14.2. The Balaban J connectivity index is 2.45. The number of halogens is 3. The van der Waals surface area contributed by atoms with Crippen LogP contribution in [0.15, 0.2) is 18.2 Å². The summed E-state index contributed by atoms with van der Waals surface area (Å²) in [5, 5.41) is 0. The van der Waals surface area contributed by atoms with Crippen molar-refractivity contribution in [2.24, 2.45) is 0 Å². The van der Waals surface area contributed by atoms with Crippen molar-refractivity contribution in [3.8, 4) is 5.75 Å². The SMILES string of the molecule is CC(=O)c1ccc2c(c1)N(C(=O)C(F)(F)F)CCO2. The number of ether oxygens (including phenoxy) is 1. The van der Waals surface area contributed by atoms with Gasteiger partial charge in [-0.05, 0) is 25.1 Å². The van der Waals surface area contributed by atoms with E-state index < -0.39 is 12.1 Å². The third kappa shape index (κ3) is 2.54. The summed E-state index contributed by atoms with van der Waals surface area (Å²) in [6, 6.07) is 4.07. The number of rotatable bonds is 1. The fourth-order valence-electron chi connectivity index (χ4n) is 1.80. The molecule has 102 valence electrons. The molecule has 0 spiro atoms. The van der Waals surface area contributed by atoms with Gasteiger partial charge in [-0.1, -0.05) is 0 Å². The van der Waals surface area contributed by atoms with Gasteiger partial charge < -0.3 is 4.74 Å². The summed E-state index contributed by atoms with van der Waals surface area (Å²) in [4.78, 5) is 23.2. The van der Waals surface area contributed by atoms with Gasteiger partial charge in [0.1, 0.15) is 12.4 Å². The van der Waals surface area contributed by atoms with Crippen molar-refractivity contribution in [1.82, 2.24) is 0 Å². The minimum atomic E-state index is -4.96. The highest BCUT2D eigenvalue weighted by molar-refractivity contribution is 6.01. The molecule has 0 saturated heterocycles. The van der Waals surface area contributed by atoms with E-state index in [1.165, 1.54) is 25.1 Å². The van der Waals surface area contributed by atoms with Crippen molar-refractivity contribution >= 4 is 17.4 Å². The lowest BCUT2D eigenvalue weighted by Gasteiger charge is -2.30. The van der Waals surface area contributed by atoms with Crippen molar-refractivity contribution < 1.29 is 27.5 Å². The molecule has 0 fully saturated rings. The number of hydrogen-bond donors (Lipinski definition) is 0. The quantitative estimate of drug-likeness (QED) is 0.737. The van der Waals surface area contributed by atoms with Gasteiger partial charge in [0.15, 0.2) is 5.78 Å². The van der Waals surface area contributed by atoms with Gasteiger partial charge in [-0.25, -0.2) is 0 Å². The third-order valence-electron chi connectivity index (χ3n) is 2.72. The molecule has 0 saturated carbocycles. The lowest BCUT2D eigenvalue weighted by Crippen LogP contribution is -2.45. The Morgan fingerprint density at radius 2 is 2.00 bits per heavy atom. The van der Waals surface area contributed by atoms with Gasteiger partial charge >= 0.3 is 12.1 Å². The molecule has 0 unspecified atom stereocenters. The molecule has 4 nitrogen and oxygen atoms in total. The Morgan fingerprint density at radius 3 is 2.58 bits per heavy atom. The number of anilines is 1. The number of carbonyl (C=O) groups is 2. The van der Waals surface area contributed by atoms with Crippen molar-refractivity contribution in [3.05, 3.63) is 23.8 Å². The minimum absolute atomic E-state index is 0.0196. The van der Waals surface area contributed by atoms with Crippen LogP contribution in [0.25, 0.3) is 0 Å². The second-order valence-corrected chi connectivity index (χ2v) is 4.04. The van der Waals surface area contributed by atoms with Crippen LogP contribution in [0, 0.1) is 0 Å². The number of amides is 1. The smallest absolute Gasteiger partial charge is 0.471 e. The average Bonchev–Trinajstić information content (AvgIpc) is 2.35. The van der Waals surface area contributed by atoms with Crippen LogP contribution in [0.2, 0.25) is 0 Å². The highest BCUT2D eigenvalue weighted by Gasteiger charge is 2.44. The van der Waals surface area contributed by atoms with Gasteiger partial charge in [0.25, 0.3) is 0 Å². The topological polar surface area (TPSA) is 46.6 Å². The maximum atomic E-state index is 12.5. The van der Waals surface area contributed by atoms with E-state index >= 15 is 0 Å². The van der Waals surface area contributed by atoms with Crippen LogP contribution in [0.4, 0.5) is 18.9 Å². The molecule has 0 N–H and O–H groups in total.